The average Bonchev–Trinajstić information content (AvgIpc) is 2.75. The van der Waals surface area contributed by atoms with Crippen molar-refractivity contribution in [2.75, 3.05) is 13.7 Å². The van der Waals surface area contributed by atoms with Gasteiger partial charge in [0, 0.05) is 18.6 Å². The summed E-state index contributed by atoms with van der Waals surface area (Å²) in [6, 6.07) is 1.82. The first-order valence-electron chi connectivity index (χ1n) is 6.13. The largest absolute Gasteiger partial charge is 0.379 e. The summed E-state index contributed by atoms with van der Waals surface area (Å²) in [6.45, 7) is 7.13. The predicted octanol–water partition coefficient (Wildman–Crippen LogP) is 1.99. The van der Waals surface area contributed by atoms with Crippen LogP contribution in [-0.4, -0.2) is 25.2 Å². The lowest BCUT2D eigenvalue weighted by Crippen LogP contribution is -2.29. The van der Waals surface area contributed by atoms with Gasteiger partial charge in [0.1, 0.15) is 0 Å². The van der Waals surface area contributed by atoms with E-state index in [2.05, 4.69) is 5.43 Å². The maximum Gasteiger partial charge on any atom is 0.275 e. The quantitative estimate of drug-likeness (QED) is 0.348. The molecule has 0 atom stereocenters. The Morgan fingerprint density at radius 2 is 2.21 bits per heavy atom. The summed E-state index contributed by atoms with van der Waals surface area (Å²) in [7, 11) is 1.70. The summed E-state index contributed by atoms with van der Waals surface area (Å²) in [6.07, 6.45) is 0.822. The van der Waals surface area contributed by atoms with E-state index in [0.717, 1.165) is 16.9 Å². The molecule has 0 unspecified atom stereocenters. The summed E-state index contributed by atoms with van der Waals surface area (Å²) >= 11 is 1.42. The molecular formula is C13H22N2O3S. The van der Waals surface area contributed by atoms with Gasteiger partial charge in [0.05, 0.1) is 17.1 Å². The van der Waals surface area contributed by atoms with Crippen molar-refractivity contribution in [3.8, 4) is 0 Å². The number of hydrogen-bond donors (Lipinski definition) is 2. The van der Waals surface area contributed by atoms with Crippen molar-refractivity contribution >= 4 is 17.2 Å². The van der Waals surface area contributed by atoms with Crippen LogP contribution in [-0.2, 0) is 16.1 Å². The van der Waals surface area contributed by atoms with Crippen molar-refractivity contribution < 1.29 is 14.3 Å². The number of carbonyl (C=O) groups excluding carboxylic acids is 1. The SMILES string of the molecule is COC(C)(C)CCOCc1cc(C(=O)NN)sc1C. The fourth-order valence-electron chi connectivity index (χ4n) is 1.45. The van der Waals surface area contributed by atoms with E-state index in [1.807, 2.05) is 26.8 Å². The van der Waals surface area contributed by atoms with Crippen LogP contribution in [0.3, 0.4) is 0 Å². The lowest BCUT2D eigenvalue weighted by atomic mass is 10.1. The van der Waals surface area contributed by atoms with Gasteiger partial charge in [-0.05, 0) is 38.8 Å². The maximum absolute atomic E-state index is 11.4. The van der Waals surface area contributed by atoms with Gasteiger partial charge >= 0.3 is 0 Å². The average molecular weight is 286 g/mol. The molecule has 0 saturated carbocycles. The number of nitrogens with two attached hydrogens (primary N) is 1. The molecule has 1 aromatic rings. The first kappa shape index (κ1) is 16.1. The highest BCUT2D eigenvalue weighted by Crippen LogP contribution is 2.22. The third-order valence-electron chi connectivity index (χ3n) is 3.03. The Labute approximate surface area is 118 Å². The summed E-state index contributed by atoms with van der Waals surface area (Å²) in [5.41, 5.74) is 2.99. The molecule has 0 spiro atoms. The Bertz CT molecular complexity index is 430. The first-order chi connectivity index (χ1) is 8.89. The molecule has 0 saturated heterocycles. The Morgan fingerprint density at radius 1 is 1.53 bits per heavy atom. The molecule has 1 aromatic heterocycles. The minimum absolute atomic E-state index is 0.172. The number of hydrogen-bond acceptors (Lipinski definition) is 5. The number of rotatable bonds is 7. The van der Waals surface area contributed by atoms with Crippen LogP contribution >= 0.6 is 11.3 Å². The number of nitrogen functional groups attached to an aromatic ring is 1. The molecule has 0 aromatic carbocycles. The van der Waals surface area contributed by atoms with Crippen LogP contribution in [0.2, 0.25) is 0 Å². The number of methoxy groups -OCH3 is 1. The van der Waals surface area contributed by atoms with E-state index < -0.39 is 0 Å². The van der Waals surface area contributed by atoms with Gasteiger partial charge in [-0.2, -0.15) is 0 Å². The molecule has 0 fully saturated rings. The van der Waals surface area contributed by atoms with Crippen molar-refractivity contribution in [3.63, 3.8) is 0 Å². The van der Waals surface area contributed by atoms with Crippen molar-refractivity contribution in [2.45, 2.75) is 39.4 Å². The lowest BCUT2D eigenvalue weighted by Gasteiger charge is -2.22. The zero-order valence-corrected chi connectivity index (χ0v) is 12.7. The number of hydrazine groups is 1. The number of thiophene rings is 1. The zero-order valence-electron chi connectivity index (χ0n) is 11.9. The second kappa shape index (κ2) is 7.00. The highest BCUT2D eigenvalue weighted by molar-refractivity contribution is 7.14. The van der Waals surface area contributed by atoms with Gasteiger partial charge in [0.15, 0.2) is 0 Å². The van der Waals surface area contributed by atoms with Crippen LogP contribution in [0.4, 0.5) is 0 Å². The van der Waals surface area contributed by atoms with Gasteiger partial charge in [0.25, 0.3) is 5.91 Å². The van der Waals surface area contributed by atoms with Crippen LogP contribution in [0.5, 0.6) is 0 Å². The molecule has 108 valence electrons. The molecule has 0 aliphatic carbocycles. The third kappa shape index (κ3) is 4.91. The minimum atomic E-state index is -0.264. The van der Waals surface area contributed by atoms with E-state index in [4.69, 9.17) is 15.3 Å². The number of nitrogens with one attached hydrogen (secondary N) is 1. The normalized spacial score (nSPS) is 11.6. The van der Waals surface area contributed by atoms with E-state index in [1.165, 1.54) is 11.3 Å². The van der Waals surface area contributed by atoms with Crippen LogP contribution in [0.25, 0.3) is 0 Å². The first-order valence-corrected chi connectivity index (χ1v) is 6.94. The van der Waals surface area contributed by atoms with Crippen LogP contribution in [0, 0.1) is 6.92 Å². The van der Waals surface area contributed by atoms with E-state index in [1.54, 1.807) is 7.11 Å². The monoisotopic (exact) mass is 286 g/mol. The number of carbonyl (C=O) groups is 1. The van der Waals surface area contributed by atoms with Gasteiger partial charge in [-0.1, -0.05) is 0 Å². The van der Waals surface area contributed by atoms with Crippen molar-refractivity contribution in [1.82, 2.24) is 5.43 Å². The van der Waals surface area contributed by atoms with Gasteiger partial charge in [-0.25, -0.2) is 5.84 Å². The smallest absolute Gasteiger partial charge is 0.275 e. The molecule has 0 radical (unpaired) electrons. The Kier molecular flexibility index (Phi) is 5.93. The van der Waals surface area contributed by atoms with Crippen LogP contribution in [0.15, 0.2) is 6.07 Å². The zero-order chi connectivity index (χ0) is 14.5. The Morgan fingerprint density at radius 3 is 2.79 bits per heavy atom. The molecule has 19 heavy (non-hydrogen) atoms. The summed E-state index contributed by atoms with van der Waals surface area (Å²) in [5, 5.41) is 0. The molecule has 0 aliphatic heterocycles. The second-order valence-electron chi connectivity index (χ2n) is 4.93. The molecule has 1 amide bonds. The van der Waals surface area contributed by atoms with E-state index >= 15 is 0 Å². The van der Waals surface area contributed by atoms with Gasteiger partial charge in [-0.15, -0.1) is 11.3 Å². The van der Waals surface area contributed by atoms with Crippen molar-refractivity contribution in [1.29, 1.82) is 0 Å². The Balaban J connectivity index is 2.46. The highest BCUT2D eigenvalue weighted by atomic mass is 32.1. The third-order valence-corrected chi connectivity index (χ3v) is 4.13. The summed E-state index contributed by atoms with van der Waals surface area (Å²) in [4.78, 5) is 13.1. The summed E-state index contributed by atoms with van der Waals surface area (Å²) in [5.74, 6) is 4.85. The fraction of sp³-hybridized carbons (Fsp3) is 0.615. The molecule has 1 heterocycles. The molecular weight excluding hydrogens is 264 g/mol. The number of amides is 1. The van der Waals surface area contributed by atoms with Crippen LogP contribution < -0.4 is 11.3 Å². The molecule has 5 nitrogen and oxygen atoms in total. The van der Waals surface area contributed by atoms with Crippen LogP contribution in [0.1, 0.15) is 40.4 Å². The second-order valence-corrected chi connectivity index (χ2v) is 6.19. The number of ether oxygens (including phenoxy) is 2. The van der Waals surface area contributed by atoms with Crippen molar-refractivity contribution in [2.24, 2.45) is 5.84 Å². The Hall–Kier alpha value is -0.950. The molecule has 0 bridgehead atoms. The van der Waals surface area contributed by atoms with E-state index in [0.29, 0.717) is 18.1 Å². The van der Waals surface area contributed by atoms with E-state index in [9.17, 15) is 4.79 Å². The van der Waals surface area contributed by atoms with E-state index in [-0.39, 0.29) is 11.5 Å². The van der Waals surface area contributed by atoms with Crippen molar-refractivity contribution in [3.05, 3.63) is 21.4 Å². The minimum Gasteiger partial charge on any atom is -0.379 e. The molecule has 3 N–H and O–H groups in total. The molecule has 6 heteroatoms. The molecule has 1 rings (SSSR count). The molecule has 0 aliphatic rings. The lowest BCUT2D eigenvalue weighted by molar-refractivity contribution is -0.0124. The summed E-state index contributed by atoms with van der Waals surface area (Å²) < 4.78 is 10.9. The van der Waals surface area contributed by atoms with Gasteiger partial charge in [-0.3, -0.25) is 10.2 Å². The maximum atomic E-state index is 11.4. The topological polar surface area (TPSA) is 73.6 Å². The van der Waals surface area contributed by atoms with Gasteiger partial charge < -0.3 is 9.47 Å². The highest BCUT2D eigenvalue weighted by Gasteiger charge is 2.16. The standard InChI is InChI=1S/C13H22N2O3S/c1-9-10(7-11(19-9)12(16)15-14)8-18-6-5-13(2,3)17-4/h7H,5-6,8,14H2,1-4H3,(H,15,16). The van der Waals surface area contributed by atoms with Gasteiger partial charge in [0.2, 0.25) is 0 Å². The predicted molar refractivity (Wildman–Crippen MR) is 76.1 cm³/mol. The number of aryl methyl sites for hydroxylation is 1. The fourth-order valence-corrected chi connectivity index (χ4v) is 2.38.